The Morgan fingerprint density at radius 3 is 2.46 bits per heavy atom. The largest absolute Gasteiger partial charge is 0.294 e. The zero-order valence-electron chi connectivity index (χ0n) is 7.49. The minimum atomic E-state index is 0.289. The van der Waals surface area contributed by atoms with Gasteiger partial charge in [-0.25, -0.2) is 0 Å². The molecule has 1 aromatic rings. The lowest BCUT2D eigenvalue weighted by Gasteiger charge is -2.12. The fraction of sp³-hybridized carbons (Fsp3) is 0.250. The third-order valence-electron chi connectivity index (χ3n) is 2.37. The third-order valence-corrected chi connectivity index (χ3v) is 2.37. The molecule has 1 aromatic carbocycles. The van der Waals surface area contributed by atoms with Crippen molar-refractivity contribution in [1.29, 1.82) is 0 Å². The average molecular weight is 172 g/mol. The molecule has 0 saturated heterocycles. The number of rotatable bonds is 3. The maximum absolute atomic E-state index is 11.5. The van der Waals surface area contributed by atoms with Crippen LogP contribution in [0.15, 0.2) is 42.0 Å². The number of carbonyl (C=O) groups is 1. The maximum Gasteiger partial charge on any atom is 0.162 e. The van der Waals surface area contributed by atoms with Crippen LogP contribution < -0.4 is 0 Å². The van der Waals surface area contributed by atoms with E-state index in [1.165, 1.54) is 0 Å². The Hall–Kier alpha value is -1.37. The van der Waals surface area contributed by atoms with E-state index in [0.29, 0.717) is 6.42 Å². The average Bonchev–Trinajstić information content (AvgIpc) is 2.02. The predicted molar refractivity (Wildman–Crippen MR) is 52.5 cm³/mol. The SMILES string of the molecule is O=C(Cc1ccccc1)C1=CCC1. The molecule has 66 valence electrons. The molecule has 0 radical (unpaired) electrons. The van der Waals surface area contributed by atoms with Gasteiger partial charge < -0.3 is 0 Å². The molecule has 0 spiro atoms. The molecule has 0 amide bonds. The van der Waals surface area contributed by atoms with Gasteiger partial charge in [0.05, 0.1) is 0 Å². The minimum absolute atomic E-state index is 0.289. The lowest BCUT2D eigenvalue weighted by Crippen LogP contribution is -2.10. The molecule has 0 N–H and O–H groups in total. The highest BCUT2D eigenvalue weighted by Crippen LogP contribution is 2.20. The zero-order valence-corrected chi connectivity index (χ0v) is 7.49. The molecule has 0 saturated carbocycles. The molecule has 1 aliphatic rings. The second kappa shape index (κ2) is 3.56. The van der Waals surface area contributed by atoms with E-state index in [1.807, 2.05) is 36.4 Å². The van der Waals surface area contributed by atoms with E-state index in [0.717, 1.165) is 24.0 Å². The Kier molecular flexibility index (Phi) is 2.26. The Labute approximate surface area is 78.1 Å². The number of hydrogen-bond donors (Lipinski definition) is 0. The van der Waals surface area contributed by atoms with E-state index in [-0.39, 0.29) is 5.78 Å². The van der Waals surface area contributed by atoms with Crippen molar-refractivity contribution in [2.24, 2.45) is 0 Å². The van der Waals surface area contributed by atoms with Crippen molar-refractivity contribution < 1.29 is 4.79 Å². The summed E-state index contributed by atoms with van der Waals surface area (Å²) in [5.41, 5.74) is 2.13. The number of Topliss-reactive ketones (excluding diaryl/α,β-unsaturated/α-hetero) is 1. The van der Waals surface area contributed by atoms with Crippen molar-refractivity contribution >= 4 is 5.78 Å². The number of ketones is 1. The molecule has 0 atom stereocenters. The Morgan fingerprint density at radius 1 is 1.23 bits per heavy atom. The van der Waals surface area contributed by atoms with E-state index >= 15 is 0 Å². The highest BCUT2D eigenvalue weighted by Gasteiger charge is 2.14. The van der Waals surface area contributed by atoms with Crippen molar-refractivity contribution in [1.82, 2.24) is 0 Å². The smallest absolute Gasteiger partial charge is 0.162 e. The lowest BCUT2D eigenvalue weighted by atomic mass is 9.92. The molecule has 1 nitrogen and oxygen atoms in total. The molecule has 0 fully saturated rings. The van der Waals surface area contributed by atoms with Crippen LogP contribution in [0.5, 0.6) is 0 Å². The van der Waals surface area contributed by atoms with Gasteiger partial charge in [-0.15, -0.1) is 0 Å². The summed E-state index contributed by atoms with van der Waals surface area (Å²) in [4.78, 5) is 11.5. The van der Waals surface area contributed by atoms with Gasteiger partial charge in [-0.2, -0.15) is 0 Å². The second-order valence-electron chi connectivity index (χ2n) is 3.35. The summed E-state index contributed by atoms with van der Waals surface area (Å²) in [6.45, 7) is 0. The molecule has 13 heavy (non-hydrogen) atoms. The molecule has 0 bridgehead atoms. The quantitative estimate of drug-likeness (QED) is 0.684. The van der Waals surface area contributed by atoms with Crippen LogP contribution in [0.1, 0.15) is 18.4 Å². The van der Waals surface area contributed by atoms with Crippen LogP contribution in [0.3, 0.4) is 0 Å². The van der Waals surface area contributed by atoms with Gasteiger partial charge in [0, 0.05) is 6.42 Å². The first kappa shape index (κ1) is 8.24. The second-order valence-corrected chi connectivity index (χ2v) is 3.35. The number of hydrogen-bond acceptors (Lipinski definition) is 1. The standard InChI is InChI=1S/C12H12O/c13-12(11-7-4-8-11)9-10-5-2-1-3-6-10/h1-3,5-7H,4,8-9H2. The van der Waals surface area contributed by atoms with Gasteiger partial charge in [-0.3, -0.25) is 4.79 Å². The van der Waals surface area contributed by atoms with Crippen LogP contribution in [0, 0.1) is 0 Å². The number of allylic oxidation sites excluding steroid dienone is 2. The van der Waals surface area contributed by atoms with Crippen LogP contribution in [0.25, 0.3) is 0 Å². The van der Waals surface area contributed by atoms with Gasteiger partial charge in [0.25, 0.3) is 0 Å². The van der Waals surface area contributed by atoms with Crippen LogP contribution in [-0.4, -0.2) is 5.78 Å². The Bertz CT molecular complexity index is 335. The molecule has 0 aromatic heterocycles. The Balaban J connectivity index is 2.02. The van der Waals surface area contributed by atoms with E-state index in [1.54, 1.807) is 0 Å². The predicted octanol–water partition coefficient (Wildman–Crippen LogP) is 2.52. The molecule has 0 heterocycles. The molecular weight excluding hydrogens is 160 g/mol. The summed E-state index contributed by atoms with van der Waals surface area (Å²) in [6, 6.07) is 9.90. The fourth-order valence-corrected chi connectivity index (χ4v) is 1.44. The summed E-state index contributed by atoms with van der Waals surface area (Å²) >= 11 is 0. The Morgan fingerprint density at radius 2 is 1.92 bits per heavy atom. The van der Waals surface area contributed by atoms with Crippen LogP contribution >= 0.6 is 0 Å². The van der Waals surface area contributed by atoms with Crippen LogP contribution in [0.4, 0.5) is 0 Å². The molecule has 0 unspecified atom stereocenters. The summed E-state index contributed by atoms with van der Waals surface area (Å²) in [5.74, 6) is 0.289. The summed E-state index contributed by atoms with van der Waals surface area (Å²) in [7, 11) is 0. The van der Waals surface area contributed by atoms with E-state index in [2.05, 4.69) is 0 Å². The van der Waals surface area contributed by atoms with Crippen molar-refractivity contribution in [3.63, 3.8) is 0 Å². The summed E-state index contributed by atoms with van der Waals surface area (Å²) < 4.78 is 0. The first-order chi connectivity index (χ1) is 6.36. The van der Waals surface area contributed by atoms with Crippen molar-refractivity contribution in [3.8, 4) is 0 Å². The number of carbonyl (C=O) groups excluding carboxylic acids is 1. The summed E-state index contributed by atoms with van der Waals surface area (Å²) in [5, 5.41) is 0. The van der Waals surface area contributed by atoms with Gasteiger partial charge in [-0.05, 0) is 24.0 Å². The van der Waals surface area contributed by atoms with Crippen molar-refractivity contribution in [3.05, 3.63) is 47.5 Å². The first-order valence-corrected chi connectivity index (χ1v) is 4.62. The molecule has 0 aliphatic heterocycles. The van der Waals surface area contributed by atoms with E-state index < -0.39 is 0 Å². The zero-order chi connectivity index (χ0) is 9.10. The number of benzene rings is 1. The van der Waals surface area contributed by atoms with Gasteiger partial charge >= 0.3 is 0 Å². The van der Waals surface area contributed by atoms with Gasteiger partial charge in [0.1, 0.15) is 0 Å². The molecular formula is C12H12O. The minimum Gasteiger partial charge on any atom is -0.294 e. The normalized spacial score (nSPS) is 14.6. The topological polar surface area (TPSA) is 17.1 Å². The van der Waals surface area contributed by atoms with Gasteiger partial charge in [0.2, 0.25) is 0 Å². The third kappa shape index (κ3) is 1.86. The van der Waals surface area contributed by atoms with E-state index in [9.17, 15) is 4.79 Å². The van der Waals surface area contributed by atoms with Crippen LogP contribution in [0.2, 0.25) is 0 Å². The summed E-state index contributed by atoms with van der Waals surface area (Å²) in [6.07, 6.45) is 4.65. The van der Waals surface area contributed by atoms with Crippen molar-refractivity contribution in [2.75, 3.05) is 0 Å². The highest BCUT2D eigenvalue weighted by molar-refractivity contribution is 5.97. The molecule has 1 heteroatoms. The maximum atomic E-state index is 11.5. The van der Waals surface area contributed by atoms with Gasteiger partial charge in [0.15, 0.2) is 5.78 Å². The molecule has 2 rings (SSSR count). The van der Waals surface area contributed by atoms with Crippen molar-refractivity contribution in [2.45, 2.75) is 19.3 Å². The van der Waals surface area contributed by atoms with Gasteiger partial charge in [-0.1, -0.05) is 36.4 Å². The van der Waals surface area contributed by atoms with Crippen LogP contribution in [-0.2, 0) is 11.2 Å². The molecule has 1 aliphatic carbocycles. The fourth-order valence-electron chi connectivity index (χ4n) is 1.44. The first-order valence-electron chi connectivity index (χ1n) is 4.62. The monoisotopic (exact) mass is 172 g/mol. The lowest BCUT2D eigenvalue weighted by molar-refractivity contribution is -0.115. The van der Waals surface area contributed by atoms with E-state index in [4.69, 9.17) is 0 Å². The highest BCUT2D eigenvalue weighted by atomic mass is 16.1.